The Balaban J connectivity index is 2.56. The predicted octanol–water partition coefficient (Wildman–Crippen LogP) is 3.67. The van der Waals surface area contributed by atoms with E-state index in [1.54, 1.807) is 14.2 Å². The molecule has 0 saturated heterocycles. The topological polar surface area (TPSA) is 30.5 Å². The Bertz CT molecular complexity index is 381. The average Bonchev–Trinajstić information content (AvgIpc) is 2.45. The molecule has 1 N–H and O–H groups in total. The van der Waals surface area contributed by atoms with Gasteiger partial charge in [-0.15, -0.1) is 0 Å². The fourth-order valence-corrected chi connectivity index (χ4v) is 2.34. The van der Waals surface area contributed by atoms with Gasteiger partial charge in [0.25, 0.3) is 0 Å². The number of nitrogens with one attached hydrogen (secondary N) is 1. The van der Waals surface area contributed by atoms with Crippen molar-refractivity contribution in [2.24, 2.45) is 5.92 Å². The molecule has 0 radical (unpaired) electrons. The van der Waals surface area contributed by atoms with Gasteiger partial charge in [0.2, 0.25) is 0 Å². The molecule has 0 amide bonds. The Kier molecular flexibility index (Phi) is 7.76. The van der Waals surface area contributed by atoms with Crippen LogP contribution in [0.3, 0.4) is 0 Å². The molecule has 120 valence electrons. The van der Waals surface area contributed by atoms with Gasteiger partial charge >= 0.3 is 0 Å². The molecule has 1 aromatic carbocycles. The van der Waals surface area contributed by atoms with Crippen LogP contribution in [0.4, 0.5) is 0 Å². The molecule has 0 heterocycles. The molecule has 0 aliphatic heterocycles. The van der Waals surface area contributed by atoms with Gasteiger partial charge in [-0.1, -0.05) is 12.1 Å². The molecular weight excluding hydrogens is 262 g/mol. The van der Waals surface area contributed by atoms with Gasteiger partial charge in [-0.2, -0.15) is 0 Å². The molecule has 0 aliphatic rings. The van der Waals surface area contributed by atoms with E-state index in [1.165, 1.54) is 12.0 Å². The molecule has 21 heavy (non-hydrogen) atoms. The number of ether oxygens (including phenoxy) is 2. The van der Waals surface area contributed by atoms with Gasteiger partial charge in [0.1, 0.15) is 5.75 Å². The first kappa shape index (κ1) is 18.0. The van der Waals surface area contributed by atoms with E-state index in [1.807, 2.05) is 12.1 Å². The third-order valence-electron chi connectivity index (χ3n) is 3.57. The van der Waals surface area contributed by atoms with Crippen LogP contribution in [0.5, 0.6) is 5.75 Å². The van der Waals surface area contributed by atoms with Gasteiger partial charge in [0.15, 0.2) is 0 Å². The minimum atomic E-state index is 0.166. The zero-order valence-corrected chi connectivity index (χ0v) is 14.2. The molecule has 0 aliphatic carbocycles. The fraction of sp³-hybridized carbons (Fsp3) is 0.667. The Morgan fingerprint density at radius 1 is 1.10 bits per heavy atom. The highest BCUT2D eigenvalue weighted by Gasteiger charge is 2.15. The van der Waals surface area contributed by atoms with Crippen molar-refractivity contribution in [1.29, 1.82) is 0 Å². The van der Waals surface area contributed by atoms with E-state index < -0.39 is 0 Å². The molecule has 0 fully saturated rings. The Morgan fingerprint density at radius 3 is 2.29 bits per heavy atom. The molecule has 0 aromatic heterocycles. The summed E-state index contributed by atoms with van der Waals surface area (Å²) < 4.78 is 10.4. The monoisotopic (exact) mass is 293 g/mol. The lowest BCUT2D eigenvalue weighted by Gasteiger charge is -2.25. The van der Waals surface area contributed by atoms with Crippen molar-refractivity contribution in [1.82, 2.24) is 5.32 Å². The first-order chi connectivity index (χ1) is 9.94. The number of rotatable bonds is 9. The molecule has 1 rings (SSSR count). The van der Waals surface area contributed by atoms with Gasteiger partial charge in [0, 0.05) is 19.3 Å². The molecule has 3 nitrogen and oxygen atoms in total. The zero-order chi connectivity index (χ0) is 15.7. The SMILES string of the molecule is COCCCC(CNC(C)(C)C)Cc1ccc(OC)cc1. The molecule has 3 heteroatoms. The van der Waals surface area contributed by atoms with Gasteiger partial charge in [-0.05, 0) is 70.2 Å². The maximum absolute atomic E-state index is 5.22. The zero-order valence-electron chi connectivity index (χ0n) is 14.2. The van der Waals surface area contributed by atoms with E-state index in [-0.39, 0.29) is 5.54 Å². The summed E-state index contributed by atoms with van der Waals surface area (Å²) in [5.41, 5.74) is 1.54. The average molecular weight is 293 g/mol. The van der Waals surface area contributed by atoms with E-state index >= 15 is 0 Å². The maximum Gasteiger partial charge on any atom is 0.118 e. The lowest BCUT2D eigenvalue weighted by molar-refractivity contribution is 0.185. The lowest BCUT2D eigenvalue weighted by atomic mass is 9.93. The second kappa shape index (κ2) is 9.06. The van der Waals surface area contributed by atoms with Crippen molar-refractivity contribution in [2.75, 3.05) is 27.4 Å². The molecule has 0 bridgehead atoms. The van der Waals surface area contributed by atoms with Gasteiger partial charge in [-0.25, -0.2) is 0 Å². The maximum atomic E-state index is 5.22. The molecule has 0 spiro atoms. The minimum absolute atomic E-state index is 0.166. The molecule has 1 atom stereocenters. The van der Waals surface area contributed by atoms with E-state index in [0.29, 0.717) is 5.92 Å². The summed E-state index contributed by atoms with van der Waals surface area (Å²) in [6, 6.07) is 8.41. The van der Waals surface area contributed by atoms with Crippen LogP contribution in [0, 0.1) is 5.92 Å². The number of methoxy groups -OCH3 is 2. The second-order valence-electron chi connectivity index (χ2n) is 6.68. The molecule has 0 saturated carbocycles. The van der Waals surface area contributed by atoms with Crippen LogP contribution < -0.4 is 10.1 Å². The highest BCUT2D eigenvalue weighted by atomic mass is 16.5. The van der Waals surface area contributed by atoms with Crippen LogP contribution in [0.1, 0.15) is 39.2 Å². The van der Waals surface area contributed by atoms with Crippen LogP contribution in [0.15, 0.2) is 24.3 Å². The van der Waals surface area contributed by atoms with E-state index in [0.717, 1.165) is 31.7 Å². The first-order valence-corrected chi connectivity index (χ1v) is 7.81. The lowest BCUT2D eigenvalue weighted by Crippen LogP contribution is -2.39. The summed E-state index contributed by atoms with van der Waals surface area (Å²) in [7, 11) is 3.47. The van der Waals surface area contributed by atoms with Crippen LogP contribution in [-0.4, -0.2) is 32.9 Å². The minimum Gasteiger partial charge on any atom is -0.497 e. The summed E-state index contributed by atoms with van der Waals surface area (Å²) >= 11 is 0. The predicted molar refractivity (Wildman–Crippen MR) is 89.1 cm³/mol. The van der Waals surface area contributed by atoms with Gasteiger partial charge in [0.05, 0.1) is 7.11 Å². The van der Waals surface area contributed by atoms with Crippen molar-refractivity contribution in [3.05, 3.63) is 29.8 Å². The van der Waals surface area contributed by atoms with Crippen molar-refractivity contribution < 1.29 is 9.47 Å². The summed E-state index contributed by atoms with van der Waals surface area (Å²) in [6.45, 7) is 8.53. The van der Waals surface area contributed by atoms with Gasteiger partial charge in [-0.3, -0.25) is 0 Å². The van der Waals surface area contributed by atoms with Gasteiger partial charge < -0.3 is 14.8 Å². The van der Waals surface area contributed by atoms with Crippen molar-refractivity contribution >= 4 is 0 Å². The summed E-state index contributed by atoms with van der Waals surface area (Å²) in [5.74, 6) is 1.55. The van der Waals surface area contributed by atoms with Crippen molar-refractivity contribution in [3.63, 3.8) is 0 Å². The largest absolute Gasteiger partial charge is 0.497 e. The molecule has 1 unspecified atom stereocenters. The van der Waals surface area contributed by atoms with E-state index in [2.05, 4.69) is 38.2 Å². The third-order valence-corrected chi connectivity index (χ3v) is 3.57. The Hall–Kier alpha value is -1.06. The van der Waals surface area contributed by atoms with Crippen LogP contribution >= 0.6 is 0 Å². The molecule has 1 aromatic rings. The standard InChI is InChI=1S/C18H31NO2/c1-18(2,3)19-14-16(7-6-12-20-4)13-15-8-10-17(21-5)11-9-15/h8-11,16,19H,6-7,12-14H2,1-5H3. The smallest absolute Gasteiger partial charge is 0.118 e. The fourth-order valence-electron chi connectivity index (χ4n) is 2.34. The quantitative estimate of drug-likeness (QED) is 0.705. The van der Waals surface area contributed by atoms with E-state index in [4.69, 9.17) is 9.47 Å². The first-order valence-electron chi connectivity index (χ1n) is 7.81. The Labute approximate surface area is 130 Å². The van der Waals surface area contributed by atoms with Crippen molar-refractivity contribution in [3.8, 4) is 5.75 Å². The van der Waals surface area contributed by atoms with Crippen LogP contribution in [0.2, 0.25) is 0 Å². The third kappa shape index (κ3) is 8.08. The summed E-state index contributed by atoms with van der Waals surface area (Å²) in [4.78, 5) is 0. The highest BCUT2D eigenvalue weighted by Crippen LogP contribution is 2.18. The number of benzene rings is 1. The summed E-state index contributed by atoms with van der Waals surface area (Å²) in [6.07, 6.45) is 3.39. The van der Waals surface area contributed by atoms with Crippen LogP contribution in [-0.2, 0) is 11.2 Å². The van der Waals surface area contributed by atoms with E-state index in [9.17, 15) is 0 Å². The normalized spacial score (nSPS) is 13.2. The van der Waals surface area contributed by atoms with Crippen molar-refractivity contribution in [2.45, 2.75) is 45.6 Å². The summed E-state index contributed by atoms with van der Waals surface area (Å²) in [5, 5.41) is 3.63. The Morgan fingerprint density at radius 2 is 1.76 bits per heavy atom. The number of hydrogen-bond acceptors (Lipinski definition) is 3. The van der Waals surface area contributed by atoms with Crippen LogP contribution in [0.25, 0.3) is 0 Å². The second-order valence-corrected chi connectivity index (χ2v) is 6.68. The molecular formula is C18H31NO2. The highest BCUT2D eigenvalue weighted by molar-refractivity contribution is 5.27. The number of hydrogen-bond donors (Lipinski definition) is 1.